The molecule has 36 heavy (non-hydrogen) atoms. The van der Waals surface area contributed by atoms with Crippen molar-refractivity contribution in [3.8, 4) is 5.75 Å². The minimum atomic E-state index is -0.874. The molecule has 0 radical (unpaired) electrons. The molecule has 1 heterocycles. The molecule has 1 N–H and O–H groups in total. The van der Waals surface area contributed by atoms with Gasteiger partial charge in [-0.3, -0.25) is 14.5 Å². The summed E-state index contributed by atoms with van der Waals surface area (Å²) in [5.41, 5.74) is 1.69. The summed E-state index contributed by atoms with van der Waals surface area (Å²) in [7, 11) is 1.52. The summed E-state index contributed by atoms with van der Waals surface area (Å²) in [4.78, 5) is 40.1. The molecule has 0 saturated carbocycles. The predicted molar refractivity (Wildman–Crippen MR) is 139 cm³/mol. The largest absolute Gasteiger partial charge is 0.507 e. The Morgan fingerprint density at radius 2 is 1.61 bits per heavy atom. The first-order chi connectivity index (χ1) is 17.2. The number of aliphatic hydroxyl groups excluding tert-OH is 1. The van der Waals surface area contributed by atoms with Gasteiger partial charge < -0.3 is 14.6 Å². The molecule has 0 spiro atoms. The van der Waals surface area contributed by atoms with E-state index in [9.17, 15) is 19.5 Å². The van der Waals surface area contributed by atoms with Gasteiger partial charge in [0, 0.05) is 11.3 Å². The SMILES string of the molecule is COc1ccc(/C(O)=C2/C(=O)C(=O)N(c3ccc(C(=O)OC(C)C)cc3)C2c2ccccc2)cc1Br. The molecule has 4 rings (SSSR count). The molecule has 0 aliphatic carbocycles. The second-order valence-corrected chi connectivity index (χ2v) is 9.28. The third-order valence-electron chi connectivity index (χ3n) is 5.71. The van der Waals surface area contributed by atoms with E-state index in [-0.39, 0.29) is 17.4 Å². The van der Waals surface area contributed by atoms with Gasteiger partial charge in [-0.2, -0.15) is 0 Å². The van der Waals surface area contributed by atoms with E-state index in [0.717, 1.165) is 0 Å². The Balaban J connectivity index is 1.83. The fraction of sp³-hybridized carbons (Fsp3) is 0.179. The van der Waals surface area contributed by atoms with E-state index in [2.05, 4.69) is 15.9 Å². The number of methoxy groups -OCH3 is 1. The Hall–Kier alpha value is -3.91. The highest BCUT2D eigenvalue weighted by atomic mass is 79.9. The number of benzene rings is 3. The smallest absolute Gasteiger partial charge is 0.338 e. The molecule has 1 saturated heterocycles. The number of hydrogen-bond acceptors (Lipinski definition) is 6. The molecule has 3 aromatic rings. The summed E-state index contributed by atoms with van der Waals surface area (Å²) in [5, 5.41) is 11.3. The third kappa shape index (κ3) is 4.77. The number of Topliss-reactive ketones (excluding diaryl/α,β-unsaturated/α-hetero) is 1. The van der Waals surface area contributed by atoms with Gasteiger partial charge >= 0.3 is 5.97 Å². The number of nitrogens with zero attached hydrogens (tertiary/aromatic N) is 1. The fourth-order valence-corrected chi connectivity index (χ4v) is 4.60. The Morgan fingerprint density at radius 1 is 0.972 bits per heavy atom. The average molecular weight is 550 g/mol. The van der Waals surface area contributed by atoms with Crippen LogP contribution >= 0.6 is 15.9 Å². The summed E-state index contributed by atoms with van der Waals surface area (Å²) < 4.78 is 11.1. The Morgan fingerprint density at radius 3 is 2.19 bits per heavy atom. The second kappa shape index (κ2) is 10.4. The van der Waals surface area contributed by atoms with Crippen molar-refractivity contribution >= 4 is 45.0 Å². The Kier molecular flexibility index (Phi) is 7.26. The number of anilines is 1. The van der Waals surface area contributed by atoms with Crippen molar-refractivity contribution in [3.05, 3.63) is 99.5 Å². The van der Waals surface area contributed by atoms with Crippen LogP contribution in [-0.2, 0) is 14.3 Å². The average Bonchev–Trinajstić information content (AvgIpc) is 3.14. The van der Waals surface area contributed by atoms with Crippen molar-refractivity contribution in [2.45, 2.75) is 26.0 Å². The summed E-state index contributed by atoms with van der Waals surface area (Å²) in [6, 6.07) is 19.3. The van der Waals surface area contributed by atoms with Crippen molar-refractivity contribution in [1.29, 1.82) is 0 Å². The molecule has 1 aliphatic heterocycles. The number of aliphatic hydroxyl groups is 1. The van der Waals surface area contributed by atoms with Gasteiger partial charge in [-0.15, -0.1) is 0 Å². The molecule has 1 fully saturated rings. The highest BCUT2D eigenvalue weighted by Gasteiger charge is 2.47. The minimum Gasteiger partial charge on any atom is -0.507 e. The lowest BCUT2D eigenvalue weighted by Gasteiger charge is -2.25. The van der Waals surface area contributed by atoms with Crippen LogP contribution in [0.3, 0.4) is 0 Å². The molecule has 8 heteroatoms. The van der Waals surface area contributed by atoms with Crippen LogP contribution in [0, 0.1) is 0 Å². The van der Waals surface area contributed by atoms with Crippen LogP contribution in [0.15, 0.2) is 82.8 Å². The van der Waals surface area contributed by atoms with Crippen LogP contribution < -0.4 is 9.64 Å². The van der Waals surface area contributed by atoms with Crippen LogP contribution in [0.5, 0.6) is 5.75 Å². The highest BCUT2D eigenvalue weighted by Crippen LogP contribution is 2.42. The maximum absolute atomic E-state index is 13.3. The zero-order valence-corrected chi connectivity index (χ0v) is 21.5. The van der Waals surface area contributed by atoms with E-state index in [1.54, 1.807) is 80.6 Å². The van der Waals surface area contributed by atoms with Gasteiger partial charge in [-0.1, -0.05) is 30.3 Å². The van der Waals surface area contributed by atoms with Gasteiger partial charge in [0.15, 0.2) is 0 Å². The van der Waals surface area contributed by atoms with Crippen molar-refractivity contribution in [2.24, 2.45) is 0 Å². The van der Waals surface area contributed by atoms with E-state index in [4.69, 9.17) is 9.47 Å². The van der Waals surface area contributed by atoms with E-state index in [1.807, 2.05) is 6.07 Å². The van der Waals surface area contributed by atoms with E-state index in [0.29, 0.717) is 32.6 Å². The van der Waals surface area contributed by atoms with Gasteiger partial charge in [0.1, 0.15) is 11.5 Å². The van der Waals surface area contributed by atoms with Gasteiger partial charge in [0.2, 0.25) is 0 Å². The van der Waals surface area contributed by atoms with Crippen molar-refractivity contribution in [2.75, 3.05) is 12.0 Å². The number of amides is 1. The number of esters is 1. The van der Waals surface area contributed by atoms with E-state index in [1.165, 1.54) is 12.0 Å². The van der Waals surface area contributed by atoms with E-state index < -0.39 is 23.7 Å². The molecule has 7 nitrogen and oxygen atoms in total. The first-order valence-corrected chi connectivity index (χ1v) is 12.0. The lowest BCUT2D eigenvalue weighted by molar-refractivity contribution is -0.132. The van der Waals surface area contributed by atoms with Gasteiger partial charge in [0.25, 0.3) is 11.7 Å². The standard InChI is InChI=1S/C28H24BrNO6/c1-16(2)36-28(34)18-9-12-20(13-10-18)30-24(17-7-5-4-6-8-17)23(26(32)27(30)33)25(31)19-11-14-22(35-3)21(29)15-19/h4-16,24,31H,1-3H3/b25-23-. The number of rotatable bonds is 6. The maximum atomic E-state index is 13.3. The second-order valence-electron chi connectivity index (χ2n) is 8.43. The lowest BCUT2D eigenvalue weighted by Crippen LogP contribution is -2.29. The summed E-state index contributed by atoms with van der Waals surface area (Å²) in [5.74, 6) is -1.82. The molecule has 1 atom stereocenters. The Bertz CT molecular complexity index is 1350. The van der Waals surface area contributed by atoms with Crippen molar-refractivity contribution < 1.29 is 29.0 Å². The summed E-state index contributed by atoms with van der Waals surface area (Å²) >= 11 is 3.39. The monoisotopic (exact) mass is 549 g/mol. The lowest BCUT2D eigenvalue weighted by atomic mass is 9.95. The van der Waals surface area contributed by atoms with E-state index >= 15 is 0 Å². The number of carbonyl (C=O) groups excluding carboxylic acids is 3. The maximum Gasteiger partial charge on any atom is 0.338 e. The number of ketones is 1. The zero-order valence-electron chi connectivity index (χ0n) is 19.9. The first kappa shape index (κ1) is 25.2. The quantitative estimate of drug-likeness (QED) is 0.185. The zero-order chi connectivity index (χ0) is 26.0. The molecule has 0 bridgehead atoms. The fourth-order valence-electron chi connectivity index (χ4n) is 4.06. The Labute approximate surface area is 217 Å². The van der Waals surface area contributed by atoms with Crippen LogP contribution in [0.1, 0.15) is 41.4 Å². The third-order valence-corrected chi connectivity index (χ3v) is 6.33. The molecule has 1 unspecified atom stereocenters. The molecule has 1 aliphatic rings. The van der Waals surface area contributed by atoms with Crippen LogP contribution in [-0.4, -0.2) is 36.0 Å². The van der Waals surface area contributed by atoms with Gasteiger partial charge in [-0.05, 0) is 77.8 Å². The van der Waals surface area contributed by atoms with Crippen LogP contribution in [0.4, 0.5) is 5.69 Å². The topological polar surface area (TPSA) is 93.1 Å². The minimum absolute atomic E-state index is 0.0356. The molecular formula is C28H24BrNO6. The van der Waals surface area contributed by atoms with Crippen LogP contribution in [0.2, 0.25) is 0 Å². The van der Waals surface area contributed by atoms with Gasteiger partial charge in [-0.25, -0.2) is 4.79 Å². The van der Waals surface area contributed by atoms with Crippen LogP contribution in [0.25, 0.3) is 5.76 Å². The molecular weight excluding hydrogens is 526 g/mol. The summed E-state index contributed by atoms with van der Waals surface area (Å²) in [6.45, 7) is 3.51. The number of carbonyl (C=O) groups is 3. The first-order valence-electron chi connectivity index (χ1n) is 11.2. The molecule has 1 amide bonds. The highest BCUT2D eigenvalue weighted by molar-refractivity contribution is 9.10. The van der Waals surface area contributed by atoms with Crippen molar-refractivity contribution in [1.82, 2.24) is 0 Å². The molecule has 3 aromatic carbocycles. The molecule has 184 valence electrons. The molecule has 0 aromatic heterocycles. The summed E-state index contributed by atoms with van der Waals surface area (Å²) in [6.07, 6.45) is -0.272. The van der Waals surface area contributed by atoms with Crippen molar-refractivity contribution in [3.63, 3.8) is 0 Å². The normalized spacial score (nSPS) is 16.9. The number of hydrogen-bond donors (Lipinski definition) is 1. The number of ether oxygens (including phenoxy) is 2. The van der Waals surface area contributed by atoms with Gasteiger partial charge in [0.05, 0.1) is 34.9 Å². The number of halogens is 1. The predicted octanol–water partition coefficient (Wildman–Crippen LogP) is 5.65.